The summed E-state index contributed by atoms with van der Waals surface area (Å²) in [5, 5.41) is 2.70. The molecule has 0 spiro atoms. The van der Waals surface area contributed by atoms with E-state index < -0.39 is 0 Å². The van der Waals surface area contributed by atoms with Crippen LogP contribution in [-0.2, 0) is 4.79 Å². The Morgan fingerprint density at radius 1 is 1.59 bits per heavy atom. The lowest BCUT2D eigenvalue weighted by Crippen LogP contribution is -2.49. The molecule has 0 rings (SSSR count). The standard InChI is InChI=1S/C13H25N3O/c1-6-8-15-12(17)11(3)16(7-2)10-13(4,5)9-14/h1,11H,7-10,14H2,2-5H3,(H,15,17). The van der Waals surface area contributed by atoms with E-state index in [1.54, 1.807) is 0 Å². The van der Waals surface area contributed by atoms with Gasteiger partial charge in [-0.2, -0.15) is 0 Å². The van der Waals surface area contributed by atoms with Gasteiger partial charge in [-0.15, -0.1) is 6.42 Å². The number of nitrogens with two attached hydrogens (primary N) is 1. The predicted octanol–water partition coefficient (Wildman–Crippen LogP) is 0.431. The molecule has 0 aromatic rings. The highest BCUT2D eigenvalue weighted by Crippen LogP contribution is 2.16. The van der Waals surface area contributed by atoms with Gasteiger partial charge in [0.1, 0.15) is 0 Å². The maximum Gasteiger partial charge on any atom is 0.237 e. The van der Waals surface area contributed by atoms with Crippen LogP contribution in [0.1, 0.15) is 27.7 Å². The molecule has 0 aliphatic heterocycles. The van der Waals surface area contributed by atoms with Crippen molar-refractivity contribution in [2.24, 2.45) is 11.1 Å². The van der Waals surface area contributed by atoms with Crippen molar-refractivity contribution in [2.45, 2.75) is 33.7 Å². The fourth-order valence-corrected chi connectivity index (χ4v) is 1.59. The number of hydrogen-bond donors (Lipinski definition) is 2. The maximum absolute atomic E-state index is 11.8. The van der Waals surface area contributed by atoms with E-state index in [4.69, 9.17) is 12.2 Å². The first-order valence-corrected chi connectivity index (χ1v) is 6.03. The molecule has 4 nitrogen and oxygen atoms in total. The predicted molar refractivity (Wildman–Crippen MR) is 71.4 cm³/mol. The Kier molecular flexibility index (Phi) is 6.86. The van der Waals surface area contributed by atoms with Gasteiger partial charge < -0.3 is 11.1 Å². The molecule has 0 aromatic carbocycles. The van der Waals surface area contributed by atoms with Crippen molar-refractivity contribution in [3.05, 3.63) is 0 Å². The van der Waals surface area contributed by atoms with E-state index in [0.29, 0.717) is 6.54 Å². The lowest BCUT2D eigenvalue weighted by molar-refractivity contribution is -0.126. The van der Waals surface area contributed by atoms with Crippen molar-refractivity contribution in [3.8, 4) is 12.3 Å². The molecule has 0 saturated heterocycles. The zero-order valence-electron chi connectivity index (χ0n) is 11.4. The van der Waals surface area contributed by atoms with Crippen molar-refractivity contribution < 1.29 is 4.79 Å². The molecule has 1 atom stereocenters. The summed E-state index contributed by atoms with van der Waals surface area (Å²) in [5.41, 5.74) is 5.72. The minimum absolute atomic E-state index is 0.0106. The van der Waals surface area contributed by atoms with Crippen LogP contribution < -0.4 is 11.1 Å². The third kappa shape index (κ3) is 5.71. The first kappa shape index (κ1) is 16.0. The molecule has 0 radical (unpaired) electrons. The van der Waals surface area contributed by atoms with Crippen molar-refractivity contribution >= 4 is 5.91 Å². The molecule has 3 N–H and O–H groups in total. The summed E-state index contributed by atoms with van der Waals surface area (Å²) in [6.45, 7) is 10.6. The van der Waals surface area contributed by atoms with Crippen LogP contribution in [0, 0.1) is 17.8 Å². The fraction of sp³-hybridized carbons (Fsp3) is 0.769. The van der Waals surface area contributed by atoms with E-state index >= 15 is 0 Å². The largest absolute Gasteiger partial charge is 0.344 e. The van der Waals surface area contributed by atoms with Gasteiger partial charge in [0.25, 0.3) is 0 Å². The maximum atomic E-state index is 11.8. The number of nitrogens with one attached hydrogen (secondary N) is 1. The van der Waals surface area contributed by atoms with Crippen LogP contribution in [0.2, 0.25) is 0 Å². The average Bonchev–Trinajstić information content (AvgIpc) is 2.32. The minimum Gasteiger partial charge on any atom is -0.344 e. The Morgan fingerprint density at radius 2 is 2.18 bits per heavy atom. The number of terminal acetylenes is 1. The molecule has 0 aliphatic rings. The second-order valence-corrected chi connectivity index (χ2v) is 5.03. The van der Waals surface area contributed by atoms with Crippen LogP contribution in [0.15, 0.2) is 0 Å². The van der Waals surface area contributed by atoms with Crippen LogP contribution in [0.5, 0.6) is 0 Å². The summed E-state index contributed by atoms with van der Waals surface area (Å²) in [5.74, 6) is 2.37. The summed E-state index contributed by atoms with van der Waals surface area (Å²) in [6, 6.07) is -0.181. The van der Waals surface area contributed by atoms with E-state index in [0.717, 1.165) is 13.1 Å². The number of amides is 1. The average molecular weight is 239 g/mol. The molecule has 4 heteroatoms. The summed E-state index contributed by atoms with van der Waals surface area (Å²) in [4.78, 5) is 13.9. The number of hydrogen-bond acceptors (Lipinski definition) is 3. The minimum atomic E-state index is -0.181. The first-order chi connectivity index (χ1) is 7.87. The Morgan fingerprint density at radius 3 is 2.59 bits per heavy atom. The number of carbonyl (C=O) groups is 1. The van der Waals surface area contributed by atoms with Crippen LogP contribution in [0.3, 0.4) is 0 Å². The highest BCUT2D eigenvalue weighted by atomic mass is 16.2. The van der Waals surface area contributed by atoms with E-state index in [-0.39, 0.29) is 23.9 Å². The number of carbonyl (C=O) groups excluding carboxylic acids is 1. The molecule has 0 aromatic heterocycles. The molecule has 17 heavy (non-hydrogen) atoms. The summed E-state index contributed by atoms with van der Waals surface area (Å²) < 4.78 is 0. The van der Waals surface area contributed by atoms with Gasteiger partial charge >= 0.3 is 0 Å². The van der Waals surface area contributed by atoms with Gasteiger partial charge in [0, 0.05) is 6.54 Å². The molecule has 0 aliphatic carbocycles. The summed E-state index contributed by atoms with van der Waals surface area (Å²) in [6.07, 6.45) is 5.11. The van der Waals surface area contributed by atoms with Gasteiger partial charge in [-0.05, 0) is 25.4 Å². The van der Waals surface area contributed by atoms with Crippen molar-refractivity contribution in [1.29, 1.82) is 0 Å². The molecule has 1 amide bonds. The lowest BCUT2D eigenvalue weighted by Gasteiger charge is -2.34. The molecule has 0 heterocycles. The molecular weight excluding hydrogens is 214 g/mol. The molecular formula is C13H25N3O. The van der Waals surface area contributed by atoms with Gasteiger partial charge in [0.05, 0.1) is 12.6 Å². The van der Waals surface area contributed by atoms with E-state index in [9.17, 15) is 4.79 Å². The quantitative estimate of drug-likeness (QED) is 0.634. The Bertz CT molecular complexity index is 281. The zero-order chi connectivity index (χ0) is 13.5. The summed E-state index contributed by atoms with van der Waals surface area (Å²) >= 11 is 0. The van der Waals surface area contributed by atoms with E-state index in [2.05, 4.69) is 30.0 Å². The van der Waals surface area contributed by atoms with Crippen LogP contribution in [0.4, 0.5) is 0 Å². The van der Waals surface area contributed by atoms with Crippen molar-refractivity contribution in [3.63, 3.8) is 0 Å². The van der Waals surface area contributed by atoms with Gasteiger partial charge in [-0.3, -0.25) is 9.69 Å². The van der Waals surface area contributed by atoms with Crippen LogP contribution >= 0.6 is 0 Å². The molecule has 0 bridgehead atoms. The highest BCUT2D eigenvalue weighted by molar-refractivity contribution is 5.81. The third-order valence-corrected chi connectivity index (χ3v) is 2.88. The van der Waals surface area contributed by atoms with Crippen LogP contribution in [0.25, 0.3) is 0 Å². The van der Waals surface area contributed by atoms with E-state index in [1.165, 1.54) is 0 Å². The smallest absolute Gasteiger partial charge is 0.237 e. The third-order valence-electron chi connectivity index (χ3n) is 2.88. The van der Waals surface area contributed by atoms with Crippen LogP contribution in [-0.4, -0.2) is 43.0 Å². The number of rotatable bonds is 7. The number of likely N-dealkylation sites (N-methyl/N-ethyl adjacent to an activating group) is 1. The Hall–Kier alpha value is -1.05. The topological polar surface area (TPSA) is 58.4 Å². The highest BCUT2D eigenvalue weighted by Gasteiger charge is 2.25. The van der Waals surface area contributed by atoms with Gasteiger partial charge in [-0.25, -0.2) is 0 Å². The fourth-order valence-electron chi connectivity index (χ4n) is 1.59. The van der Waals surface area contributed by atoms with E-state index in [1.807, 2.05) is 13.8 Å². The van der Waals surface area contributed by atoms with Gasteiger partial charge in [0.2, 0.25) is 5.91 Å². The number of nitrogens with zero attached hydrogens (tertiary/aromatic N) is 1. The normalized spacial score (nSPS) is 13.2. The molecule has 98 valence electrons. The zero-order valence-corrected chi connectivity index (χ0v) is 11.4. The van der Waals surface area contributed by atoms with Crippen molar-refractivity contribution in [2.75, 3.05) is 26.2 Å². The monoisotopic (exact) mass is 239 g/mol. The lowest BCUT2D eigenvalue weighted by atomic mass is 9.92. The molecule has 1 unspecified atom stereocenters. The second kappa shape index (κ2) is 7.31. The SMILES string of the molecule is C#CCNC(=O)C(C)N(CC)CC(C)(C)CN. The Balaban J connectivity index is 4.45. The second-order valence-electron chi connectivity index (χ2n) is 5.03. The Labute approximate surface area is 105 Å². The van der Waals surface area contributed by atoms with Gasteiger partial charge in [0.15, 0.2) is 0 Å². The summed E-state index contributed by atoms with van der Waals surface area (Å²) in [7, 11) is 0. The van der Waals surface area contributed by atoms with Crippen molar-refractivity contribution in [1.82, 2.24) is 10.2 Å². The first-order valence-electron chi connectivity index (χ1n) is 6.03. The van der Waals surface area contributed by atoms with Gasteiger partial charge in [-0.1, -0.05) is 26.7 Å². The molecule has 0 saturated carbocycles. The molecule has 0 fully saturated rings.